The molecule has 0 aliphatic heterocycles. The van der Waals surface area contributed by atoms with Gasteiger partial charge in [-0.25, -0.2) is 9.18 Å². The average molecular weight is 322 g/mol. The van der Waals surface area contributed by atoms with E-state index in [1.165, 1.54) is 18.4 Å². The zero-order valence-electron chi connectivity index (χ0n) is 13.5. The molecule has 0 heterocycles. The van der Waals surface area contributed by atoms with Crippen molar-refractivity contribution in [1.82, 2.24) is 0 Å². The molecule has 0 atom stereocenters. The number of hydrogen-bond donors (Lipinski definition) is 0. The quantitative estimate of drug-likeness (QED) is 0.408. The van der Waals surface area contributed by atoms with Crippen molar-refractivity contribution in [2.45, 2.75) is 44.6 Å². The molecule has 126 valence electrons. The van der Waals surface area contributed by atoms with Crippen LogP contribution in [0.2, 0.25) is 0 Å². The van der Waals surface area contributed by atoms with Gasteiger partial charge in [-0.1, -0.05) is 13.5 Å². The van der Waals surface area contributed by atoms with E-state index in [9.17, 15) is 9.18 Å². The van der Waals surface area contributed by atoms with E-state index in [4.69, 9.17) is 14.2 Å². The van der Waals surface area contributed by atoms with Crippen molar-refractivity contribution in [2.24, 2.45) is 0 Å². The van der Waals surface area contributed by atoms with E-state index in [2.05, 4.69) is 6.58 Å². The highest BCUT2D eigenvalue weighted by molar-refractivity contribution is 5.90. The summed E-state index contributed by atoms with van der Waals surface area (Å²) in [7, 11) is 0. The first kappa shape index (κ1) is 17.3. The fourth-order valence-electron chi connectivity index (χ4n) is 2.84. The molecule has 2 rings (SSSR count). The molecule has 0 N–H and O–H groups in total. The van der Waals surface area contributed by atoms with Gasteiger partial charge >= 0.3 is 5.97 Å². The molecule has 5 heteroatoms. The Morgan fingerprint density at radius 1 is 1.35 bits per heavy atom. The summed E-state index contributed by atoms with van der Waals surface area (Å²) in [5.74, 6) is -0.896. The van der Waals surface area contributed by atoms with Crippen LogP contribution in [0.15, 0.2) is 31.0 Å². The molecule has 1 aliphatic rings. The van der Waals surface area contributed by atoms with Crippen LogP contribution in [-0.2, 0) is 9.47 Å². The molecule has 1 saturated carbocycles. The van der Waals surface area contributed by atoms with Crippen molar-refractivity contribution in [2.75, 3.05) is 13.2 Å². The molecule has 1 aromatic carbocycles. The summed E-state index contributed by atoms with van der Waals surface area (Å²) in [5, 5.41) is 0. The molecule has 0 unspecified atom stereocenters. The Morgan fingerprint density at radius 3 is 2.70 bits per heavy atom. The SMILES string of the molecule is C=COCCOc1ccc(C(=O)OC2(CC)CCCC2)c(F)c1. The molecule has 1 aromatic rings. The van der Waals surface area contributed by atoms with Gasteiger partial charge in [-0.15, -0.1) is 0 Å². The molecule has 0 bridgehead atoms. The number of rotatable bonds is 8. The van der Waals surface area contributed by atoms with Gasteiger partial charge in [0, 0.05) is 6.07 Å². The number of esters is 1. The molecule has 1 aliphatic carbocycles. The number of carbonyl (C=O) groups is 1. The van der Waals surface area contributed by atoms with Gasteiger partial charge < -0.3 is 14.2 Å². The second kappa shape index (κ2) is 7.99. The normalized spacial score (nSPS) is 15.9. The summed E-state index contributed by atoms with van der Waals surface area (Å²) in [4.78, 5) is 12.3. The van der Waals surface area contributed by atoms with E-state index in [0.29, 0.717) is 12.4 Å². The summed E-state index contributed by atoms with van der Waals surface area (Å²) in [6.07, 6.45) is 5.86. The maximum absolute atomic E-state index is 14.2. The second-order valence-corrected chi connectivity index (χ2v) is 5.66. The van der Waals surface area contributed by atoms with E-state index in [1.54, 1.807) is 6.07 Å². The summed E-state index contributed by atoms with van der Waals surface area (Å²) in [6.45, 7) is 6.01. The molecular formula is C18H23FO4. The first-order valence-electron chi connectivity index (χ1n) is 7.98. The van der Waals surface area contributed by atoms with E-state index >= 15 is 0 Å². The maximum Gasteiger partial charge on any atom is 0.341 e. The lowest BCUT2D eigenvalue weighted by Gasteiger charge is -2.27. The summed E-state index contributed by atoms with van der Waals surface area (Å²) >= 11 is 0. The van der Waals surface area contributed by atoms with Gasteiger partial charge in [-0.05, 0) is 44.2 Å². The van der Waals surface area contributed by atoms with Gasteiger partial charge in [0.2, 0.25) is 0 Å². The highest BCUT2D eigenvalue weighted by Crippen LogP contribution is 2.36. The zero-order valence-corrected chi connectivity index (χ0v) is 13.5. The Kier molecular flexibility index (Phi) is 6.02. The fraction of sp³-hybridized carbons (Fsp3) is 0.500. The standard InChI is InChI=1S/C18H23FO4/c1-3-18(9-5-6-10-18)23-17(20)15-8-7-14(13-16(15)19)22-12-11-21-4-2/h4,7-8,13H,2-3,5-6,9-12H2,1H3. The highest BCUT2D eigenvalue weighted by atomic mass is 19.1. The number of halogens is 1. The van der Waals surface area contributed by atoms with Crippen LogP contribution in [0.5, 0.6) is 5.75 Å². The van der Waals surface area contributed by atoms with Crippen LogP contribution in [0.4, 0.5) is 4.39 Å². The third kappa shape index (κ3) is 4.47. The van der Waals surface area contributed by atoms with Crippen molar-refractivity contribution >= 4 is 5.97 Å². The maximum atomic E-state index is 14.2. The van der Waals surface area contributed by atoms with Crippen LogP contribution in [-0.4, -0.2) is 24.8 Å². The number of carbonyl (C=O) groups excluding carboxylic acids is 1. The van der Waals surface area contributed by atoms with Crippen molar-refractivity contribution in [3.05, 3.63) is 42.4 Å². The van der Waals surface area contributed by atoms with Crippen LogP contribution < -0.4 is 4.74 Å². The topological polar surface area (TPSA) is 44.8 Å². The summed E-state index contributed by atoms with van der Waals surface area (Å²) in [6, 6.07) is 4.15. The lowest BCUT2D eigenvalue weighted by molar-refractivity contribution is -0.0176. The molecule has 1 fully saturated rings. The minimum absolute atomic E-state index is 0.0561. The molecule has 0 spiro atoms. The van der Waals surface area contributed by atoms with Gasteiger partial charge in [0.05, 0.1) is 11.8 Å². The van der Waals surface area contributed by atoms with Gasteiger partial charge in [-0.2, -0.15) is 0 Å². The van der Waals surface area contributed by atoms with Crippen LogP contribution in [0, 0.1) is 5.82 Å². The Balaban J connectivity index is 1.99. The van der Waals surface area contributed by atoms with Crippen molar-refractivity contribution in [3.8, 4) is 5.75 Å². The minimum atomic E-state index is -0.638. The number of ether oxygens (including phenoxy) is 3. The van der Waals surface area contributed by atoms with Gasteiger partial charge in [-0.3, -0.25) is 0 Å². The minimum Gasteiger partial charge on any atom is -0.498 e. The van der Waals surface area contributed by atoms with Gasteiger partial charge in [0.15, 0.2) is 0 Å². The predicted octanol–water partition coefficient (Wildman–Crippen LogP) is 4.24. The van der Waals surface area contributed by atoms with Crippen LogP contribution in [0.25, 0.3) is 0 Å². The average Bonchev–Trinajstić information content (AvgIpc) is 3.00. The van der Waals surface area contributed by atoms with E-state index in [1.807, 2.05) is 6.92 Å². The summed E-state index contributed by atoms with van der Waals surface area (Å²) < 4.78 is 30.0. The highest BCUT2D eigenvalue weighted by Gasteiger charge is 2.36. The number of benzene rings is 1. The monoisotopic (exact) mass is 322 g/mol. The third-order valence-corrected chi connectivity index (χ3v) is 4.22. The molecule has 23 heavy (non-hydrogen) atoms. The van der Waals surface area contributed by atoms with E-state index < -0.39 is 17.4 Å². The Hall–Kier alpha value is -2.04. The van der Waals surface area contributed by atoms with E-state index in [-0.39, 0.29) is 12.2 Å². The zero-order chi connectivity index (χ0) is 16.7. The first-order chi connectivity index (χ1) is 11.1. The molecule has 0 saturated heterocycles. The first-order valence-corrected chi connectivity index (χ1v) is 7.98. The molecule has 0 amide bonds. The molecule has 0 radical (unpaired) electrons. The predicted molar refractivity (Wildman–Crippen MR) is 84.9 cm³/mol. The Bertz CT molecular complexity index is 550. The van der Waals surface area contributed by atoms with Crippen LogP contribution in [0.1, 0.15) is 49.4 Å². The van der Waals surface area contributed by atoms with Crippen molar-refractivity contribution in [3.63, 3.8) is 0 Å². The lowest BCUT2D eigenvalue weighted by Crippen LogP contribution is -2.31. The second-order valence-electron chi connectivity index (χ2n) is 5.66. The molecule has 4 nitrogen and oxygen atoms in total. The van der Waals surface area contributed by atoms with Crippen molar-refractivity contribution < 1.29 is 23.4 Å². The Labute approximate surface area is 136 Å². The third-order valence-electron chi connectivity index (χ3n) is 4.22. The van der Waals surface area contributed by atoms with E-state index in [0.717, 1.165) is 32.1 Å². The fourth-order valence-corrected chi connectivity index (χ4v) is 2.84. The Morgan fingerprint density at radius 2 is 2.09 bits per heavy atom. The molecular weight excluding hydrogens is 299 g/mol. The van der Waals surface area contributed by atoms with Crippen molar-refractivity contribution in [1.29, 1.82) is 0 Å². The van der Waals surface area contributed by atoms with Gasteiger partial charge in [0.25, 0.3) is 0 Å². The largest absolute Gasteiger partial charge is 0.498 e. The number of hydrogen-bond acceptors (Lipinski definition) is 4. The summed E-state index contributed by atoms with van der Waals surface area (Å²) in [5.41, 5.74) is -0.486. The van der Waals surface area contributed by atoms with Gasteiger partial charge in [0.1, 0.15) is 30.4 Å². The smallest absolute Gasteiger partial charge is 0.341 e. The van der Waals surface area contributed by atoms with Crippen LogP contribution >= 0.6 is 0 Å². The van der Waals surface area contributed by atoms with Crippen LogP contribution in [0.3, 0.4) is 0 Å². The lowest BCUT2D eigenvalue weighted by atomic mass is 9.98. The molecule has 0 aromatic heterocycles.